The number of hydrogen-bond acceptors (Lipinski definition) is 5. The van der Waals surface area contributed by atoms with Gasteiger partial charge in [-0.3, -0.25) is 25.0 Å². The van der Waals surface area contributed by atoms with E-state index in [2.05, 4.69) is 4.98 Å². The van der Waals surface area contributed by atoms with Crippen LogP contribution in [0.25, 0.3) is 22.0 Å². The Kier molecular flexibility index (Phi) is 2.65. The van der Waals surface area contributed by atoms with E-state index in [1.807, 2.05) is 0 Å². The number of aromatic amines is 1. The molecular formula is C13H7N3O5. The number of benzene rings is 2. The SMILES string of the molecule is O=c1c([N+](=O)[O-])ccc2[nH]cc3c([N+](=O)[O-])cccc3c1-2. The van der Waals surface area contributed by atoms with E-state index in [0.717, 1.165) is 6.07 Å². The first-order valence-corrected chi connectivity index (χ1v) is 5.86. The lowest BCUT2D eigenvalue weighted by Crippen LogP contribution is -2.12. The predicted molar refractivity (Wildman–Crippen MR) is 74.5 cm³/mol. The molecule has 21 heavy (non-hydrogen) atoms. The summed E-state index contributed by atoms with van der Waals surface area (Å²) in [5.74, 6) is 0. The van der Waals surface area contributed by atoms with Crippen molar-refractivity contribution in [1.82, 2.24) is 4.98 Å². The fourth-order valence-corrected chi connectivity index (χ4v) is 2.33. The van der Waals surface area contributed by atoms with Gasteiger partial charge in [-0.25, -0.2) is 0 Å². The average Bonchev–Trinajstić information content (AvgIpc) is 2.45. The molecule has 0 fully saturated rings. The second-order valence-corrected chi connectivity index (χ2v) is 4.38. The number of aromatic nitrogens is 1. The Morgan fingerprint density at radius 2 is 1.62 bits per heavy atom. The summed E-state index contributed by atoms with van der Waals surface area (Å²) in [5.41, 5.74) is -1.03. The Hall–Kier alpha value is -3.29. The summed E-state index contributed by atoms with van der Waals surface area (Å²) in [5, 5.41) is 22.4. The number of hydrogen-bond donors (Lipinski definition) is 1. The average molecular weight is 285 g/mol. The molecule has 0 radical (unpaired) electrons. The highest BCUT2D eigenvalue weighted by molar-refractivity contribution is 6.01. The zero-order chi connectivity index (χ0) is 15.1. The minimum absolute atomic E-state index is 0.0744. The highest BCUT2D eigenvalue weighted by Gasteiger charge is 2.22. The van der Waals surface area contributed by atoms with E-state index in [4.69, 9.17) is 0 Å². The quantitative estimate of drug-likeness (QED) is 0.440. The van der Waals surface area contributed by atoms with Crippen molar-refractivity contribution in [3.8, 4) is 11.3 Å². The Bertz CT molecular complexity index is 931. The first-order valence-electron chi connectivity index (χ1n) is 5.86. The Labute approximate surface area is 116 Å². The maximum absolute atomic E-state index is 12.2. The van der Waals surface area contributed by atoms with Gasteiger partial charge in [0.25, 0.3) is 11.1 Å². The number of nitro groups is 2. The third-order valence-corrected chi connectivity index (χ3v) is 3.25. The van der Waals surface area contributed by atoms with Gasteiger partial charge >= 0.3 is 5.69 Å². The van der Waals surface area contributed by atoms with Gasteiger partial charge in [0.05, 0.1) is 26.5 Å². The molecule has 0 amide bonds. The zero-order valence-electron chi connectivity index (χ0n) is 10.4. The molecule has 0 bridgehead atoms. The van der Waals surface area contributed by atoms with E-state index in [1.54, 1.807) is 0 Å². The lowest BCUT2D eigenvalue weighted by Gasteiger charge is -2.08. The molecule has 2 aliphatic rings. The fraction of sp³-hybridized carbons (Fsp3) is 0. The van der Waals surface area contributed by atoms with Crippen LogP contribution in [0, 0.1) is 20.2 Å². The molecule has 8 heteroatoms. The van der Waals surface area contributed by atoms with Gasteiger partial charge in [-0.15, -0.1) is 0 Å². The van der Waals surface area contributed by atoms with Crippen LogP contribution in [0.4, 0.5) is 11.4 Å². The number of fused-ring (bicyclic) bond motifs is 3. The number of nitro benzene ring substituents is 2. The van der Waals surface area contributed by atoms with Crippen molar-refractivity contribution in [2.45, 2.75) is 0 Å². The monoisotopic (exact) mass is 285 g/mol. The van der Waals surface area contributed by atoms with Crippen molar-refractivity contribution in [2.75, 3.05) is 0 Å². The third kappa shape index (κ3) is 1.81. The lowest BCUT2D eigenvalue weighted by molar-refractivity contribution is -0.385. The van der Waals surface area contributed by atoms with Crippen LogP contribution < -0.4 is 5.43 Å². The van der Waals surface area contributed by atoms with E-state index in [0.29, 0.717) is 11.1 Å². The van der Waals surface area contributed by atoms with Gasteiger partial charge in [-0.05, 0) is 6.07 Å². The number of pyridine rings is 1. The predicted octanol–water partition coefficient (Wildman–Crippen LogP) is 2.45. The van der Waals surface area contributed by atoms with Crippen LogP contribution >= 0.6 is 0 Å². The van der Waals surface area contributed by atoms with Crippen LogP contribution in [0.15, 0.2) is 41.3 Å². The molecule has 1 aromatic rings. The molecule has 1 aliphatic heterocycles. The lowest BCUT2D eigenvalue weighted by atomic mass is 9.99. The van der Waals surface area contributed by atoms with Gasteiger partial charge in [0.15, 0.2) is 0 Å². The molecule has 0 aromatic heterocycles. The maximum Gasteiger partial charge on any atom is 0.317 e. The summed E-state index contributed by atoms with van der Waals surface area (Å²) in [6, 6.07) is 6.81. The zero-order valence-corrected chi connectivity index (χ0v) is 10.4. The maximum atomic E-state index is 12.2. The number of nitrogens with one attached hydrogen (secondary N) is 1. The van der Waals surface area contributed by atoms with Crippen LogP contribution in [0.2, 0.25) is 0 Å². The molecule has 1 heterocycles. The van der Waals surface area contributed by atoms with Crippen molar-refractivity contribution < 1.29 is 9.85 Å². The molecule has 104 valence electrons. The van der Waals surface area contributed by atoms with Gasteiger partial charge in [-0.1, -0.05) is 12.1 Å². The smallest absolute Gasteiger partial charge is 0.317 e. The summed E-state index contributed by atoms with van der Waals surface area (Å²) in [7, 11) is 0. The Morgan fingerprint density at radius 3 is 2.29 bits per heavy atom. The standard InChI is InChI=1S/C13H7N3O5/c17-13-11(16(20)21)5-4-9-12(13)7-2-1-3-10(15(18)19)8(7)6-14-9/h1-6,14H. The number of rotatable bonds is 2. The van der Waals surface area contributed by atoms with Gasteiger partial charge in [0.1, 0.15) is 0 Å². The second-order valence-electron chi connectivity index (χ2n) is 4.38. The van der Waals surface area contributed by atoms with Gasteiger partial charge < -0.3 is 4.98 Å². The van der Waals surface area contributed by atoms with E-state index < -0.39 is 21.0 Å². The largest absolute Gasteiger partial charge is 0.360 e. The van der Waals surface area contributed by atoms with Gasteiger partial charge in [0, 0.05) is 23.7 Å². The summed E-state index contributed by atoms with van der Waals surface area (Å²) < 4.78 is 0. The molecule has 1 aliphatic carbocycles. The minimum Gasteiger partial charge on any atom is -0.360 e. The van der Waals surface area contributed by atoms with Crippen molar-refractivity contribution in [1.29, 1.82) is 0 Å². The first kappa shape index (κ1) is 12.7. The number of H-pyrrole nitrogens is 1. The molecule has 1 aromatic carbocycles. The highest BCUT2D eigenvalue weighted by atomic mass is 16.6. The third-order valence-electron chi connectivity index (χ3n) is 3.25. The summed E-state index contributed by atoms with van der Waals surface area (Å²) >= 11 is 0. The minimum atomic E-state index is -0.766. The van der Waals surface area contributed by atoms with E-state index in [9.17, 15) is 25.0 Å². The molecule has 0 unspecified atom stereocenters. The normalized spacial score (nSPS) is 10.9. The highest BCUT2D eigenvalue weighted by Crippen LogP contribution is 2.32. The van der Waals surface area contributed by atoms with Gasteiger partial charge in [-0.2, -0.15) is 0 Å². The van der Waals surface area contributed by atoms with E-state index in [-0.39, 0.29) is 16.6 Å². The van der Waals surface area contributed by atoms with Crippen LogP contribution in [0.5, 0.6) is 0 Å². The van der Waals surface area contributed by atoms with Crippen LogP contribution in [-0.4, -0.2) is 14.8 Å². The number of nitrogens with zero attached hydrogens (tertiary/aromatic N) is 2. The summed E-state index contributed by atoms with van der Waals surface area (Å²) in [4.78, 5) is 35.6. The van der Waals surface area contributed by atoms with Crippen LogP contribution in [0.3, 0.4) is 0 Å². The molecule has 3 rings (SSSR count). The Balaban J connectivity index is 2.54. The number of non-ortho nitro benzene ring substituents is 2. The van der Waals surface area contributed by atoms with Crippen LogP contribution in [-0.2, 0) is 0 Å². The molecule has 0 saturated carbocycles. The second kappa shape index (κ2) is 4.37. The molecule has 0 atom stereocenters. The molecule has 1 N–H and O–H groups in total. The molecular weight excluding hydrogens is 278 g/mol. The van der Waals surface area contributed by atoms with Crippen molar-refractivity contribution in [3.05, 3.63) is 67.0 Å². The molecule has 0 saturated heterocycles. The molecule has 8 nitrogen and oxygen atoms in total. The van der Waals surface area contributed by atoms with E-state index >= 15 is 0 Å². The topological polar surface area (TPSA) is 119 Å². The van der Waals surface area contributed by atoms with Crippen LogP contribution in [0.1, 0.15) is 0 Å². The van der Waals surface area contributed by atoms with Crippen molar-refractivity contribution >= 4 is 22.1 Å². The van der Waals surface area contributed by atoms with Crippen molar-refractivity contribution in [3.63, 3.8) is 0 Å². The van der Waals surface area contributed by atoms with Gasteiger partial charge in [0.2, 0.25) is 0 Å². The molecule has 0 spiro atoms. The summed E-state index contributed by atoms with van der Waals surface area (Å²) in [6.45, 7) is 0. The first-order chi connectivity index (χ1) is 10.0. The summed E-state index contributed by atoms with van der Waals surface area (Å²) in [6.07, 6.45) is 1.42. The van der Waals surface area contributed by atoms with E-state index in [1.165, 1.54) is 30.5 Å². The Morgan fingerprint density at radius 1 is 0.905 bits per heavy atom. The fourth-order valence-electron chi connectivity index (χ4n) is 2.33. The van der Waals surface area contributed by atoms with Crippen molar-refractivity contribution in [2.24, 2.45) is 0 Å².